The highest BCUT2D eigenvalue weighted by Gasteiger charge is 2.34. The van der Waals surface area contributed by atoms with E-state index in [0.717, 1.165) is 13.0 Å². The highest BCUT2D eigenvalue weighted by atomic mass is 16.5. The van der Waals surface area contributed by atoms with E-state index in [2.05, 4.69) is 52.4 Å². The summed E-state index contributed by atoms with van der Waals surface area (Å²) in [4.78, 5) is 7.07. The largest absolute Gasteiger partial charge is 0.481 e. The average molecular weight is 320 g/mol. The molecule has 3 heteroatoms. The van der Waals surface area contributed by atoms with E-state index in [9.17, 15) is 0 Å². The molecule has 0 saturated carbocycles. The van der Waals surface area contributed by atoms with Crippen molar-refractivity contribution in [3.05, 3.63) is 65.9 Å². The van der Waals surface area contributed by atoms with Gasteiger partial charge in [-0.25, -0.2) is 4.98 Å². The lowest BCUT2D eigenvalue weighted by atomic mass is 9.83. The normalized spacial score (nSPS) is 23.6. The maximum atomic E-state index is 5.18. The molecule has 1 fully saturated rings. The summed E-state index contributed by atoms with van der Waals surface area (Å²) < 4.78 is 5.18. The van der Waals surface area contributed by atoms with E-state index >= 15 is 0 Å². The zero-order valence-electron chi connectivity index (χ0n) is 14.2. The number of aromatic nitrogens is 1. The Morgan fingerprint density at radius 3 is 2.71 bits per heavy atom. The topological polar surface area (TPSA) is 25.4 Å². The van der Waals surface area contributed by atoms with Crippen molar-refractivity contribution in [2.75, 3.05) is 7.11 Å². The van der Waals surface area contributed by atoms with Gasteiger partial charge in [0, 0.05) is 30.9 Å². The summed E-state index contributed by atoms with van der Waals surface area (Å²) in [6.45, 7) is 1.06. The number of hydrogen-bond acceptors (Lipinski definition) is 3. The first-order chi connectivity index (χ1) is 11.8. The van der Waals surface area contributed by atoms with Crippen molar-refractivity contribution in [1.29, 1.82) is 0 Å². The van der Waals surface area contributed by atoms with E-state index in [1.54, 1.807) is 7.11 Å². The predicted molar refractivity (Wildman–Crippen MR) is 96.8 cm³/mol. The fourth-order valence-electron chi connectivity index (χ4n) is 4.06. The van der Waals surface area contributed by atoms with Gasteiger partial charge in [-0.05, 0) is 42.0 Å². The molecule has 2 unspecified atom stereocenters. The second kappa shape index (κ2) is 6.78. The third-order valence-electron chi connectivity index (χ3n) is 5.31. The van der Waals surface area contributed by atoms with E-state index in [1.807, 2.05) is 12.3 Å². The second-order valence-corrected chi connectivity index (χ2v) is 6.80. The van der Waals surface area contributed by atoms with Crippen molar-refractivity contribution in [3.63, 3.8) is 0 Å². The van der Waals surface area contributed by atoms with Crippen LogP contribution in [0, 0.1) is 0 Å². The number of ether oxygens (including phenoxy) is 1. The van der Waals surface area contributed by atoms with Crippen molar-refractivity contribution in [3.8, 4) is 5.88 Å². The molecule has 2 aliphatic rings. The molecule has 1 aromatic heterocycles. The van der Waals surface area contributed by atoms with Crippen LogP contribution in [0.1, 0.15) is 36.8 Å². The minimum atomic E-state index is 0.551. The Hall–Kier alpha value is -2.13. The van der Waals surface area contributed by atoms with Crippen molar-refractivity contribution >= 4 is 5.57 Å². The second-order valence-electron chi connectivity index (χ2n) is 6.80. The van der Waals surface area contributed by atoms with Gasteiger partial charge in [0.15, 0.2) is 0 Å². The van der Waals surface area contributed by atoms with Crippen LogP contribution in [0.25, 0.3) is 5.57 Å². The lowest BCUT2D eigenvalue weighted by molar-refractivity contribution is 0.0951. The first-order valence-electron chi connectivity index (χ1n) is 8.84. The maximum Gasteiger partial charge on any atom is 0.212 e. The summed E-state index contributed by atoms with van der Waals surface area (Å²) in [5, 5.41) is 0. The molecule has 2 aliphatic heterocycles. The summed E-state index contributed by atoms with van der Waals surface area (Å²) >= 11 is 0. The molecule has 24 heavy (non-hydrogen) atoms. The van der Waals surface area contributed by atoms with Gasteiger partial charge in [-0.15, -0.1) is 0 Å². The molecule has 3 nitrogen and oxygen atoms in total. The molecule has 0 amide bonds. The van der Waals surface area contributed by atoms with Gasteiger partial charge in [-0.3, -0.25) is 4.90 Å². The van der Waals surface area contributed by atoms with Crippen LogP contribution in [0.2, 0.25) is 0 Å². The van der Waals surface area contributed by atoms with Gasteiger partial charge in [0.1, 0.15) is 0 Å². The standard InChI is InChI=1S/C21H24N2O/c1-24-21-11-10-17(14-22-21)18-12-19-8-5-9-20(13-18)23(19)15-16-6-3-2-4-7-16/h2-4,6-7,10-12,14,19-20H,5,8-9,13,15H2,1H3. The van der Waals surface area contributed by atoms with E-state index in [0.29, 0.717) is 18.0 Å². The number of methoxy groups -OCH3 is 1. The van der Waals surface area contributed by atoms with Crippen LogP contribution in [0.15, 0.2) is 54.7 Å². The molecule has 0 aliphatic carbocycles. The maximum absolute atomic E-state index is 5.18. The number of piperidine rings is 1. The van der Waals surface area contributed by atoms with Crippen LogP contribution in [-0.2, 0) is 6.54 Å². The van der Waals surface area contributed by atoms with Gasteiger partial charge in [0.05, 0.1) is 7.11 Å². The smallest absolute Gasteiger partial charge is 0.212 e. The molecule has 124 valence electrons. The van der Waals surface area contributed by atoms with Crippen LogP contribution in [0.5, 0.6) is 5.88 Å². The zero-order valence-corrected chi connectivity index (χ0v) is 14.2. The van der Waals surface area contributed by atoms with E-state index in [1.165, 1.54) is 36.0 Å². The molecular formula is C21H24N2O. The average Bonchev–Trinajstić information content (AvgIpc) is 2.62. The number of pyridine rings is 1. The Morgan fingerprint density at radius 2 is 2.00 bits per heavy atom. The first kappa shape index (κ1) is 15.4. The van der Waals surface area contributed by atoms with Crippen LogP contribution in [-0.4, -0.2) is 29.1 Å². The summed E-state index contributed by atoms with van der Waals surface area (Å²) in [6.07, 6.45) is 9.44. The summed E-state index contributed by atoms with van der Waals surface area (Å²) in [5.74, 6) is 0.682. The molecular weight excluding hydrogens is 296 g/mol. The first-order valence-corrected chi connectivity index (χ1v) is 8.84. The van der Waals surface area contributed by atoms with Crippen LogP contribution in [0.4, 0.5) is 0 Å². The van der Waals surface area contributed by atoms with Crippen molar-refractivity contribution < 1.29 is 4.74 Å². The van der Waals surface area contributed by atoms with Gasteiger partial charge >= 0.3 is 0 Å². The number of hydrogen-bond donors (Lipinski definition) is 0. The van der Waals surface area contributed by atoms with Crippen molar-refractivity contribution in [1.82, 2.24) is 9.88 Å². The molecule has 1 aromatic carbocycles. The third kappa shape index (κ3) is 3.09. The van der Waals surface area contributed by atoms with Crippen LogP contribution < -0.4 is 4.74 Å². The van der Waals surface area contributed by atoms with Gasteiger partial charge in [-0.2, -0.15) is 0 Å². The summed E-state index contributed by atoms with van der Waals surface area (Å²) in [5.41, 5.74) is 4.11. The Kier molecular flexibility index (Phi) is 4.35. The molecule has 0 radical (unpaired) electrons. The van der Waals surface area contributed by atoms with Crippen LogP contribution in [0.3, 0.4) is 0 Å². The highest BCUT2D eigenvalue weighted by Crippen LogP contribution is 2.37. The lowest BCUT2D eigenvalue weighted by Crippen LogP contribution is -2.47. The molecule has 3 heterocycles. The van der Waals surface area contributed by atoms with Crippen molar-refractivity contribution in [2.45, 2.75) is 44.3 Å². The summed E-state index contributed by atoms with van der Waals surface area (Å²) in [7, 11) is 1.66. The van der Waals surface area contributed by atoms with Gasteiger partial charge in [0.25, 0.3) is 0 Å². The third-order valence-corrected chi connectivity index (χ3v) is 5.31. The molecule has 2 bridgehead atoms. The minimum Gasteiger partial charge on any atom is -0.481 e. The fourth-order valence-corrected chi connectivity index (χ4v) is 4.06. The molecule has 0 spiro atoms. The minimum absolute atomic E-state index is 0.551. The fraction of sp³-hybridized carbons (Fsp3) is 0.381. The molecule has 0 N–H and O–H groups in total. The lowest BCUT2D eigenvalue weighted by Gasteiger charge is -2.45. The van der Waals surface area contributed by atoms with Gasteiger partial charge < -0.3 is 4.74 Å². The monoisotopic (exact) mass is 320 g/mol. The van der Waals surface area contributed by atoms with Crippen molar-refractivity contribution in [2.24, 2.45) is 0 Å². The van der Waals surface area contributed by atoms with E-state index < -0.39 is 0 Å². The van der Waals surface area contributed by atoms with Crippen LogP contribution >= 0.6 is 0 Å². The van der Waals surface area contributed by atoms with Gasteiger partial charge in [0.2, 0.25) is 5.88 Å². The Labute approximate surface area is 144 Å². The highest BCUT2D eigenvalue weighted by molar-refractivity contribution is 5.67. The summed E-state index contributed by atoms with van der Waals surface area (Å²) in [6, 6.07) is 16.1. The number of nitrogens with zero attached hydrogens (tertiary/aromatic N) is 2. The zero-order chi connectivity index (χ0) is 16.4. The number of benzene rings is 1. The molecule has 1 saturated heterocycles. The Morgan fingerprint density at radius 1 is 1.12 bits per heavy atom. The molecule has 2 aromatic rings. The predicted octanol–water partition coefficient (Wildman–Crippen LogP) is 4.30. The van der Waals surface area contributed by atoms with Gasteiger partial charge in [-0.1, -0.05) is 42.8 Å². The molecule has 4 rings (SSSR count). The Bertz CT molecular complexity index is 708. The molecule has 2 atom stereocenters. The Balaban J connectivity index is 1.57. The number of fused-ring (bicyclic) bond motifs is 2. The number of rotatable bonds is 4. The van der Waals surface area contributed by atoms with E-state index in [4.69, 9.17) is 4.74 Å². The SMILES string of the molecule is COc1ccc(C2=CC3CCCC(C2)N3Cc2ccccc2)cn1. The quantitative estimate of drug-likeness (QED) is 0.840. The van der Waals surface area contributed by atoms with E-state index in [-0.39, 0.29) is 0 Å².